The molecule has 0 atom stereocenters. The second-order valence-corrected chi connectivity index (χ2v) is 5.89. The zero-order valence-electron chi connectivity index (χ0n) is 14.6. The summed E-state index contributed by atoms with van der Waals surface area (Å²) in [7, 11) is 0. The molecule has 0 aromatic heterocycles. The van der Waals surface area contributed by atoms with Gasteiger partial charge in [-0.3, -0.25) is 4.79 Å². The third-order valence-corrected chi connectivity index (χ3v) is 4.27. The zero-order chi connectivity index (χ0) is 17.2. The molecular weight excluding hydrogens is 298 g/mol. The minimum Gasteiger partial charge on any atom is -0.464 e. The molecule has 24 heavy (non-hydrogen) atoms. The highest BCUT2D eigenvalue weighted by Crippen LogP contribution is 2.25. The van der Waals surface area contributed by atoms with Gasteiger partial charge in [-0.2, -0.15) is 0 Å². The predicted octanol–water partition coefficient (Wildman–Crippen LogP) is 4.14. The van der Waals surface area contributed by atoms with Crippen LogP contribution in [-0.4, -0.2) is 25.2 Å². The Morgan fingerprint density at radius 2 is 1.42 bits per heavy atom. The van der Waals surface area contributed by atoms with E-state index in [0.717, 1.165) is 24.0 Å². The van der Waals surface area contributed by atoms with Crippen LogP contribution >= 0.6 is 0 Å². The highest BCUT2D eigenvalue weighted by molar-refractivity contribution is 5.82. The first-order valence-corrected chi connectivity index (χ1v) is 8.76. The number of hydrogen-bond donors (Lipinski definition) is 1. The molecule has 0 aliphatic carbocycles. The van der Waals surface area contributed by atoms with Gasteiger partial charge in [0, 0.05) is 12.6 Å². The maximum absolute atomic E-state index is 12.7. The van der Waals surface area contributed by atoms with Gasteiger partial charge < -0.3 is 10.1 Å². The van der Waals surface area contributed by atoms with Crippen molar-refractivity contribution >= 4 is 5.97 Å². The van der Waals surface area contributed by atoms with Crippen molar-refractivity contribution in [3.05, 3.63) is 71.8 Å². The van der Waals surface area contributed by atoms with Crippen molar-refractivity contribution in [1.29, 1.82) is 0 Å². The maximum Gasteiger partial charge on any atom is 0.317 e. The van der Waals surface area contributed by atoms with E-state index in [1.165, 1.54) is 0 Å². The molecule has 0 radical (unpaired) electrons. The van der Waals surface area contributed by atoms with Gasteiger partial charge in [0.05, 0.1) is 0 Å². The van der Waals surface area contributed by atoms with Gasteiger partial charge in [-0.15, -0.1) is 0 Å². The largest absolute Gasteiger partial charge is 0.464 e. The van der Waals surface area contributed by atoms with Gasteiger partial charge >= 0.3 is 5.97 Å². The van der Waals surface area contributed by atoms with Crippen LogP contribution in [0.5, 0.6) is 0 Å². The van der Waals surface area contributed by atoms with E-state index >= 15 is 0 Å². The molecule has 2 rings (SSSR count). The normalized spacial score (nSPS) is 11.0. The summed E-state index contributed by atoms with van der Waals surface area (Å²) in [6, 6.07) is 20.1. The van der Waals surface area contributed by atoms with E-state index in [1.54, 1.807) is 0 Å². The third-order valence-electron chi connectivity index (χ3n) is 4.27. The summed E-state index contributed by atoms with van der Waals surface area (Å²) in [6.07, 6.45) is 2.17. The number of rotatable bonds is 9. The molecule has 0 aliphatic rings. The van der Waals surface area contributed by atoms with E-state index in [0.29, 0.717) is 19.2 Å². The summed E-state index contributed by atoms with van der Waals surface area (Å²) in [5, 5.41) is 3.42. The number of carbonyl (C=O) groups is 1. The highest BCUT2D eigenvalue weighted by Gasteiger charge is 2.23. The second-order valence-electron chi connectivity index (χ2n) is 5.89. The van der Waals surface area contributed by atoms with E-state index < -0.39 is 0 Å². The molecule has 0 saturated carbocycles. The molecule has 1 N–H and O–H groups in total. The fourth-order valence-corrected chi connectivity index (χ4v) is 2.83. The van der Waals surface area contributed by atoms with Gasteiger partial charge in [0.15, 0.2) is 0 Å². The van der Waals surface area contributed by atoms with E-state index in [9.17, 15) is 4.79 Å². The predicted molar refractivity (Wildman–Crippen MR) is 98.1 cm³/mol. The third kappa shape index (κ3) is 5.20. The van der Waals surface area contributed by atoms with E-state index in [2.05, 4.69) is 19.2 Å². The van der Waals surface area contributed by atoms with Gasteiger partial charge in [0.2, 0.25) is 0 Å². The van der Waals surface area contributed by atoms with Crippen molar-refractivity contribution in [2.45, 2.75) is 38.6 Å². The lowest BCUT2D eigenvalue weighted by Crippen LogP contribution is -2.32. The SMILES string of the molecule is CCC(CC)NCCOC(=O)C(c1ccccc1)c1ccccc1. The number of benzene rings is 2. The fourth-order valence-electron chi connectivity index (χ4n) is 2.83. The molecule has 128 valence electrons. The van der Waals surface area contributed by atoms with Gasteiger partial charge in [-0.05, 0) is 24.0 Å². The Morgan fingerprint density at radius 3 is 1.88 bits per heavy atom. The number of esters is 1. The molecule has 0 aliphatic heterocycles. The molecule has 0 unspecified atom stereocenters. The first kappa shape index (κ1) is 18.2. The second kappa shape index (κ2) is 9.89. The van der Waals surface area contributed by atoms with Crippen molar-refractivity contribution < 1.29 is 9.53 Å². The zero-order valence-corrected chi connectivity index (χ0v) is 14.6. The quantitative estimate of drug-likeness (QED) is 0.556. The molecule has 0 fully saturated rings. The van der Waals surface area contributed by atoms with Crippen LogP contribution in [0.4, 0.5) is 0 Å². The minimum absolute atomic E-state index is 0.196. The molecule has 0 bridgehead atoms. The molecule has 2 aromatic rings. The van der Waals surface area contributed by atoms with Gasteiger partial charge in [0.25, 0.3) is 0 Å². The lowest BCUT2D eigenvalue weighted by atomic mass is 9.91. The van der Waals surface area contributed by atoms with Crippen LogP contribution in [0.1, 0.15) is 43.7 Å². The monoisotopic (exact) mass is 325 g/mol. The Balaban J connectivity index is 2.01. The summed E-state index contributed by atoms with van der Waals surface area (Å²) in [5.74, 6) is -0.570. The molecule has 0 heterocycles. The van der Waals surface area contributed by atoms with Crippen molar-refractivity contribution in [2.75, 3.05) is 13.2 Å². The van der Waals surface area contributed by atoms with E-state index in [-0.39, 0.29) is 11.9 Å². The standard InChI is InChI=1S/C21H27NO2/c1-3-19(4-2)22-15-16-24-21(23)20(17-11-7-5-8-12-17)18-13-9-6-10-14-18/h5-14,19-20,22H,3-4,15-16H2,1-2H3. The lowest BCUT2D eigenvalue weighted by Gasteiger charge is -2.18. The van der Waals surface area contributed by atoms with Crippen LogP contribution in [-0.2, 0) is 9.53 Å². The van der Waals surface area contributed by atoms with Gasteiger partial charge in [-0.1, -0.05) is 74.5 Å². The molecule has 0 spiro atoms. The Labute approximate surface area is 145 Å². The Hall–Kier alpha value is -2.13. The van der Waals surface area contributed by atoms with E-state index in [1.807, 2.05) is 60.7 Å². The van der Waals surface area contributed by atoms with Crippen molar-refractivity contribution in [3.8, 4) is 0 Å². The van der Waals surface area contributed by atoms with Crippen LogP contribution in [0.15, 0.2) is 60.7 Å². The minimum atomic E-state index is -0.374. The summed E-state index contributed by atoms with van der Waals surface area (Å²) in [4.78, 5) is 12.7. The van der Waals surface area contributed by atoms with E-state index in [4.69, 9.17) is 4.74 Å². The van der Waals surface area contributed by atoms with Gasteiger partial charge in [-0.25, -0.2) is 0 Å². The van der Waals surface area contributed by atoms with Crippen LogP contribution in [0.2, 0.25) is 0 Å². The van der Waals surface area contributed by atoms with Crippen LogP contribution < -0.4 is 5.32 Å². The smallest absolute Gasteiger partial charge is 0.317 e. The Kier molecular flexibility index (Phi) is 7.50. The van der Waals surface area contributed by atoms with Crippen LogP contribution in [0, 0.1) is 0 Å². The van der Waals surface area contributed by atoms with Crippen LogP contribution in [0.25, 0.3) is 0 Å². The molecule has 3 nitrogen and oxygen atoms in total. The van der Waals surface area contributed by atoms with Crippen LogP contribution in [0.3, 0.4) is 0 Å². The number of ether oxygens (including phenoxy) is 1. The Morgan fingerprint density at radius 1 is 0.917 bits per heavy atom. The lowest BCUT2D eigenvalue weighted by molar-refractivity contribution is -0.144. The van der Waals surface area contributed by atoms with Crippen molar-refractivity contribution in [1.82, 2.24) is 5.32 Å². The first-order chi connectivity index (χ1) is 11.8. The summed E-state index contributed by atoms with van der Waals surface area (Å²) >= 11 is 0. The fraction of sp³-hybridized carbons (Fsp3) is 0.381. The maximum atomic E-state index is 12.7. The molecule has 2 aromatic carbocycles. The topological polar surface area (TPSA) is 38.3 Å². The number of carbonyl (C=O) groups excluding carboxylic acids is 1. The number of nitrogens with one attached hydrogen (secondary N) is 1. The average molecular weight is 325 g/mol. The van der Waals surface area contributed by atoms with Crippen molar-refractivity contribution in [2.24, 2.45) is 0 Å². The molecule has 0 amide bonds. The highest BCUT2D eigenvalue weighted by atomic mass is 16.5. The molecular formula is C21H27NO2. The van der Waals surface area contributed by atoms with Crippen molar-refractivity contribution in [3.63, 3.8) is 0 Å². The Bertz CT molecular complexity index is 554. The average Bonchev–Trinajstić information content (AvgIpc) is 2.64. The molecule has 3 heteroatoms. The molecule has 0 saturated heterocycles. The van der Waals surface area contributed by atoms with Gasteiger partial charge in [0.1, 0.15) is 12.5 Å². The first-order valence-electron chi connectivity index (χ1n) is 8.76. The summed E-state index contributed by atoms with van der Waals surface area (Å²) < 4.78 is 5.55. The summed E-state index contributed by atoms with van der Waals surface area (Å²) in [5.41, 5.74) is 1.92. The number of hydrogen-bond acceptors (Lipinski definition) is 3. The summed E-state index contributed by atoms with van der Waals surface area (Å²) in [6.45, 7) is 5.40.